The normalized spacial score (nSPS) is 18.8. The topological polar surface area (TPSA) is 55.8 Å². The van der Waals surface area contributed by atoms with E-state index in [1.54, 1.807) is 7.11 Å². The molecule has 2 rings (SSSR count). The maximum absolute atomic E-state index is 10.6. The van der Waals surface area contributed by atoms with E-state index in [1.807, 2.05) is 24.3 Å². The van der Waals surface area contributed by atoms with Crippen molar-refractivity contribution in [3.63, 3.8) is 0 Å². The number of rotatable bonds is 4. The molecule has 0 saturated heterocycles. The number of aliphatic carboxylic acids is 1. The highest BCUT2D eigenvalue weighted by Crippen LogP contribution is 2.27. The summed E-state index contributed by atoms with van der Waals surface area (Å²) in [4.78, 5) is 10.6. The van der Waals surface area contributed by atoms with Gasteiger partial charge in [0.2, 0.25) is 0 Å². The average Bonchev–Trinajstić information content (AvgIpc) is 2.41. The van der Waals surface area contributed by atoms with Crippen LogP contribution in [0.5, 0.6) is 11.5 Å². The Morgan fingerprint density at radius 2 is 1.79 bits per heavy atom. The van der Waals surface area contributed by atoms with E-state index in [-0.39, 0.29) is 6.10 Å². The van der Waals surface area contributed by atoms with Gasteiger partial charge < -0.3 is 14.6 Å². The van der Waals surface area contributed by atoms with Gasteiger partial charge in [-0.05, 0) is 49.9 Å². The molecule has 1 aliphatic carbocycles. The maximum atomic E-state index is 10.6. The molecule has 0 unspecified atom stereocenters. The highest BCUT2D eigenvalue weighted by molar-refractivity contribution is 5.80. The predicted molar refractivity (Wildman–Crippen MR) is 71.6 cm³/mol. The summed E-state index contributed by atoms with van der Waals surface area (Å²) in [6.45, 7) is 0. The van der Waals surface area contributed by atoms with Gasteiger partial charge >= 0.3 is 5.97 Å². The summed E-state index contributed by atoms with van der Waals surface area (Å²) in [5, 5.41) is 8.70. The van der Waals surface area contributed by atoms with Crippen LogP contribution in [0.2, 0.25) is 0 Å². The van der Waals surface area contributed by atoms with Crippen molar-refractivity contribution in [2.75, 3.05) is 7.11 Å². The summed E-state index contributed by atoms with van der Waals surface area (Å²) in [5.41, 5.74) is 1.00. The van der Waals surface area contributed by atoms with Gasteiger partial charge in [0.15, 0.2) is 0 Å². The van der Waals surface area contributed by atoms with Crippen LogP contribution in [-0.2, 0) is 4.79 Å². The maximum Gasteiger partial charge on any atom is 0.328 e. The monoisotopic (exact) mass is 262 g/mol. The minimum Gasteiger partial charge on any atom is -0.497 e. The Labute approximate surface area is 112 Å². The molecule has 0 atom stereocenters. The Kier molecular flexibility index (Phi) is 4.44. The van der Waals surface area contributed by atoms with Crippen LogP contribution in [0.25, 0.3) is 0 Å². The standard InChI is InChI=1S/C15H18O4/c1-18-12-6-8-14(9-7-12)19-13-4-2-11(3-5-13)10-15(16)17/h6-10,13H,2-5H2,1H3,(H,16,17). The Hall–Kier alpha value is -1.97. The van der Waals surface area contributed by atoms with Crippen molar-refractivity contribution in [2.24, 2.45) is 0 Å². The van der Waals surface area contributed by atoms with Crippen molar-refractivity contribution >= 4 is 5.97 Å². The van der Waals surface area contributed by atoms with Gasteiger partial charge in [-0.3, -0.25) is 0 Å². The highest BCUT2D eigenvalue weighted by atomic mass is 16.5. The van der Waals surface area contributed by atoms with Crippen LogP contribution in [0.1, 0.15) is 25.7 Å². The molecule has 4 heteroatoms. The first kappa shape index (κ1) is 13.5. The molecule has 1 N–H and O–H groups in total. The van der Waals surface area contributed by atoms with E-state index in [1.165, 1.54) is 6.08 Å². The first-order chi connectivity index (χ1) is 9.17. The molecule has 102 valence electrons. The lowest BCUT2D eigenvalue weighted by molar-refractivity contribution is -0.131. The molecule has 0 radical (unpaired) electrons. The van der Waals surface area contributed by atoms with Crippen molar-refractivity contribution in [1.29, 1.82) is 0 Å². The zero-order valence-corrected chi connectivity index (χ0v) is 11.0. The molecule has 1 saturated carbocycles. The van der Waals surface area contributed by atoms with Crippen molar-refractivity contribution in [2.45, 2.75) is 31.8 Å². The fourth-order valence-corrected chi connectivity index (χ4v) is 2.25. The summed E-state index contributed by atoms with van der Waals surface area (Å²) in [6, 6.07) is 7.52. The van der Waals surface area contributed by atoms with Crippen LogP contribution in [0.4, 0.5) is 0 Å². The molecule has 1 fully saturated rings. The van der Waals surface area contributed by atoms with Gasteiger partial charge in [0.05, 0.1) is 13.2 Å². The number of allylic oxidation sites excluding steroid dienone is 1. The van der Waals surface area contributed by atoms with Gasteiger partial charge in [-0.1, -0.05) is 5.57 Å². The summed E-state index contributed by atoms with van der Waals surface area (Å²) in [7, 11) is 1.63. The van der Waals surface area contributed by atoms with Crippen LogP contribution in [0.15, 0.2) is 35.9 Å². The fraction of sp³-hybridized carbons (Fsp3) is 0.400. The molecule has 0 aliphatic heterocycles. The van der Waals surface area contributed by atoms with Crippen molar-refractivity contribution < 1.29 is 19.4 Å². The zero-order chi connectivity index (χ0) is 13.7. The van der Waals surface area contributed by atoms with Gasteiger partial charge in [-0.15, -0.1) is 0 Å². The molecule has 1 aliphatic rings. The van der Waals surface area contributed by atoms with Gasteiger partial charge in [0.1, 0.15) is 11.5 Å². The Balaban J connectivity index is 1.86. The third-order valence-corrected chi connectivity index (χ3v) is 3.26. The lowest BCUT2D eigenvalue weighted by Gasteiger charge is -2.24. The lowest BCUT2D eigenvalue weighted by atomic mass is 9.92. The molecule has 1 aromatic carbocycles. The number of carbonyl (C=O) groups is 1. The molecular formula is C15H18O4. The van der Waals surface area contributed by atoms with Crippen molar-refractivity contribution in [3.05, 3.63) is 35.9 Å². The summed E-state index contributed by atoms with van der Waals surface area (Å²) in [6.07, 6.45) is 4.82. The van der Waals surface area contributed by atoms with Crippen molar-refractivity contribution in [1.82, 2.24) is 0 Å². The van der Waals surface area contributed by atoms with E-state index in [0.29, 0.717) is 0 Å². The van der Waals surface area contributed by atoms with E-state index in [0.717, 1.165) is 42.8 Å². The Bertz CT molecular complexity index is 452. The van der Waals surface area contributed by atoms with E-state index < -0.39 is 5.97 Å². The summed E-state index contributed by atoms with van der Waals surface area (Å²) in [5.74, 6) is 0.781. The summed E-state index contributed by atoms with van der Waals surface area (Å²) < 4.78 is 11.0. The van der Waals surface area contributed by atoms with E-state index in [2.05, 4.69) is 0 Å². The quantitative estimate of drug-likeness (QED) is 0.847. The largest absolute Gasteiger partial charge is 0.497 e. The smallest absolute Gasteiger partial charge is 0.328 e. The number of carboxylic acids is 1. The van der Waals surface area contributed by atoms with E-state index in [4.69, 9.17) is 14.6 Å². The minimum atomic E-state index is -0.857. The van der Waals surface area contributed by atoms with Crippen LogP contribution in [0.3, 0.4) is 0 Å². The first-order valence-corrected chi connectivity index (χ1v) is 6.40. The van der Waals surface area contributed by atoms with Gasteiger partial charge in [-0.25, -0.2) is 4.79 Å². The molecular weight excluding hydrogens is 244 g/mol. The average molecular weight is 262 g/mol. The van der Waals surface area contributed by atoms with Crippen molar-refractivity contribution in [3.8, 4) is 11.5 Å². The summed E-state index contributed by atoms with van der Waals surface area (Å²) >= 11 is 0. The number of ether oxygens (including phenoxy) is 2. The van der Waals surface area contributed by atoms with E-state index >= 15 is 0 Å². The second kappa shape index (κ2) is 6.27. The van der Waals surface area contributed by atoms with Crippen LogP contribution < -0.4 is 9.47 Å². The van der Waals surface area contributed by atoms with Gasteiger partial charge in [-0.2, -0.15) is 0 Å². The minimum absolute atomic E-state index is 0.166. The van der Waals surface area contributed by atoms with Gasteiger partial charge in [0.25, 0.3) is 0 Å². The van der Waals surface area contributed by atoms with Crippen LogP contribution >= 0.6 is 0 Å². The second-order valence-corrected chi connectivity index (χ2v) is 4.63. The Morgan fingerprint density at radius 3 is 2.32 bits per heavy atom. The number of benzene rings is 1. The van der Waals surface area contributed by atoms with Crippen LogP contribution in [0, 0.1) is 0 Å². The SMILES string of the molecule is COc1ccc(OC2CCC(=CC(=O)O)CC2)cc1. The molecule has 0 heterocycles. The van der Waals surface area contributed by atoms with Gasteiger partial charge in [0, 0.05) is 6.08 Å². The van der Waals surface area contributed by atoms with E-state index in [9.17, 15) is 4.79 Å². The molecule has 0 amide bonds. The lowest BCUT2D eigenvalue weighted by Crippen LogP contribution is -2.21. The number of methoxy groups -OCH3 is 1. The Morgan fingerprint density at radius 1 is 1.21 bits per heavy atom. The molecule has 0 aromatic heterocycles. The molecule has 0 spiro atoms. The first-order valence-electron chi connectivity index (χ1n) is 6.40. The van der Waals surface area contributed by atoms with Crippen LogP contribution in [-0.4, -0.2) is 24.3 Å². The number of carboxylic acid groups (broad SMARTS) is 1. The third-order valence-electron chi connectivity index (χ3n) is 3.26. The third kappa shape index (κ3) is 4.02. The number of hydrogen-bond acceptors (Lipinski definition) is 3. The molecule has 4 nitrogen and oxygen atoms in total. The second-order valence-electron chi connectivity index (χ2n) is 4.63. The molecule has 0 bridgehead atoms. The molecule has 1 aromatic rings. The highest BCUT2D eigenvalue weighted by Gasteiger charge is 2.18. The number of hydrogen-bond donors (Lipinski definition) is 1. The molecule has 19 heavy (non-hydrogen) atoms. The predicted octanol–water partition coefficient (Wildman–Crippen LogP) is 3.03. The zero-order valence-electron chi connectivity index (χ0n) is 11.0. The fourth-order valence-electron chi connectivity index (χ4n) is 2.25.